The van der Waals surface area contributed by atoms with E-state index in [0.717, 1.165) is 16.1 Å². The number of benzene rings is 1. The number of aryl methyl sites for hydroxylation is 2. The van der Waals surface area contributed by atoms with Gasteiger partial charge in [-0.3, -0.25) is 9.69 Å². The third kappa shape index (κ3) is 4.17. The van der Waals surface area contributed by atoms with Gasteiger partial charge in [-0.25, -0.2) is 9.37 Å². The summed E-state index contributed by atoms with van der Waals surface area (Å²) in [4.78, 5) is 19.7. The molecule has 1 N–H and O–H groups in total. The van der Waals surface area contributed by atoms with E-state index in [1.165, 1.54) is 23.5 Å². The Hall–Kier alpha value is -1.83. The van der Waals surface area contributed by atoms with Crippen molar-refractivity contribution in [1.29, 1.82) is 0 Å². The molecule has 128 valence electrons. The third-order valence-corrected chi connectivity index (χ3v) is 5.02. The van der Waals surface area contributed by atoms with Gasteiger partial charge >= 0.3 is 0 Å². The van der Waals surface area contributed by atoms with Gasteiger partial charge in [0.2, 0.25) is 5.91 Å². The third-order valence-electron chi connectivity index (χ3n) is 4.03. The Morgan fingerprint density at radius 2 is 2.17 bits per heavy atom. The molecule has 1 amide bonds. The number of aromatic nitrogens is 1. The fraction of sp³-hybridized carbons (Fsp3) is 0.412. The highest BCUT2D eigenvalue weighted by molar-refractivity contribution is 7.15. The van der Waals surface area contributed by atoms with E-state index in [0.29, 0.717) is 31.4 Å². The van der Waals surface area contributed by atoms with Crippen LogP contribution < -0.4 is 5.32 Å². The molecule has 0 aliphatic carbocycles. The van der Waals surface area contributed by atoms with Gasteiger partial charge in [0.05, 0.1) is 24.9 Å². The van der Waals surface area contributed by atoms with Gasteiger partial charge in [0.25, 0.3) is 0 Å². The molecule has 1 saturated heterocycles. The molecule has 1 aromatic heterocycles. The van der Waals surface area contributed by atoms with Crippen LogP contribution in [0.4, 0.5) is 9.52 Å². The molecule has 3 rings (SSSR count). The highest BCUT2D eigenvalue weighted by Gasteiger charge is 2.23. The van der Waals surface area contributed by atoms with Gasteiger partial charge in [-0.15, -0.1) is 11.3 Å². The van der Waals surface area contributed by atoms with Crippen molar-refractivity contribution in [3.63, 3.8) is 0 Å². The van der Waals surface area contributed by atoms with Gasteiger partial charge in [0, 0.05) is 18.0 Å². The summed E-state index contributed by atoms with van der Waals surface area (Å²) in [5.41, 5.74) is 1.87. The van der Waals surface area contributed by atoms with Crippen LogP contribution in [-0.4, -0.2) is 42.0 Å². The number of rotatable bonds is 4. The van der Waals surface area contributed by atoms with E-state index in [4.69, 9.17) is 4.74 Å². The van der Waals surface area contributed by atoms with E-state index in [2.05, 4.69) is 10.3 Å². The molecule has 24 heavy (non-hydrogen) atoms. The van der Waals surface area contributed by atoms with E-state index in [1.807, 2.05) is 18.7 Å². The van der Waals surface area contributed by atoms with Crippen LogP contribution in [0, 0.1) is 19.7 Å². The van der Waals surface area contributed by atoms with E-state index < -0.39 is 0 Å². The largest absolute Gasteiger partial charge is 0.371 e. The molecule has 0 bridgehead atoms. The number of nitrogens with zero attached hydrogens (tertiary/aromatic N) is 2. The molecule has 5 nitrogen and oxygen atoms in total. The average molecular weight is 349 g/mol. The molecule has 1 fully saturated rings. The number of carbonyl (C=O) groups excluding carboxylic acids is 1. The maximum Gasteiger partial charge on any atom is 0.240 e. The van der Waals surface area contributed by atoms with Gasteiger partial charge < -0.3 is 10.1 Å². The number of ether oxygens (including phenoxy) is 1. The van der Waals surface area contributed by atoms with Crippen LogP contribution in [-0.2, 0) is 9.53 Å². The Morgan fingerprint density at radius 3 is 2.83 bits per heavy atom. The van der Waals surface area contributed by atoms with Crippen LogP contribution in [0.5, 0.6) is 0 Å². The second-order valence-electron chi connectivity index (χ2n) is 5.85. The Morgan fingerprint density at radius 1 is 1.42 bits per heavy atom. The van der Waals surface area contributed by atoms with Crippen molar-refractivity contribution in [2.75, 3.05) is 31.6 Å². The van der Waals surface area contributed by atoms with Crippen molar-refractivity contribution in [2.45, 2.75) is 20.0 Å². The number of hydrogen-bond acceptors (Lipinski definition) is 5. The molecular formula is C17H20FN3O2S. The van der Waals surface area contributed by atoms with E-state index in [9.17, 15) is 9.18 Å². The van der Waals surface area contributed by atoms with Crippen LogP contribution >= 0.6 is 11.3 Å². The Kier molecular flexibility index (Phi) is 5.23. The summed E-state index contributed by atoms with van der Waals surface area (Å²) in [5.74, 6) is -0.344. The maximum absolute atomic E-state index is 13.0. The molecule has 0 spiro atoms. The quantitative estimate of drug-likeness (QED) is 0.922. The first-order chi connectivity index (χ1) is 11.5. The first-order valence-electron chi connectivity index (χ1n) is 7.84. The smallest absolute Gasteiger partial charge is 0.240 e. The van der Waals surface area contributed by atoms with Crippen molar-refractivity contribution < 1.29 is 13.9 Å². The second kappa shape index (κ2) is 7.38. The number of amides is 1. The van der Waals surface area contributed by atoms with E-state index in [1.54, 1.807) is 12.1 Å². The number of halogens is 1. The van der Waals surface area contributed by atoms with Crippen molar-refractivity contribution in [3.05, 3.63) is 46.2 Å². The molecule has 1 aliphatic rings. The first kappa shape index (κ1) is 17.0. The van der Waals surface area contributed by atoms with Crippen molar-refractivity contribution >= 4 is 22.4 Å². The summed E-state index contributed by atoms with van der Waals surface area (Å²) in [6, 6.07) is 6.31. The number of morpholine rings is 1. The number of thiazole rings is 1. The minimum absolute atomic E-state index is 0.0801. The zero-order valence-electron chi connectivity index (χ0n) is 13.7. The van der Waals surface area contributed by atoms with Crippen molar-refractivity contribution in [2.24, 2.45) is 0 Å². The minimum Gasteiger partial charge on any atom is -0.371 e. The molecule has 7 heteroatoms. The topological polar surface area (TPSA) is 54.5 Å². The maximum atomic E-state index is 13.0. The van der Waals surface area contributed by atoms with Crippen LogP contribution in [0.3, 0.4) is 0 Å². The summed E-state index contributed by atoms with van der Waals surface area (Å²) < 4.78 is 18.8. The Labute approximate surface area is 144 Å². The van der Waals surface area contributed by atoms with Crippen molar-refractivity contribution in [1.82, 2.24) is 9.88 Å². The van der Waals surface area contributed by atoms with Crippen LogP contribution in [0.1, 0.15) is 22.2 Å². The molecule has 1 atom stereocenters. The lowest BCUT2D eigenvalue weighted by atomic mass is 10.1. The summed E-state index contributed by atoms with van der Waals surface area (Å²) in [5, 5.41) is 3.49. The number of anilines is 1. The van der Waals surface area contributed by atoms with E-state index in [-0.39, 0.29) is 17.8 Å². The average Bonchev–Trinajstić information content (AvgIpc) is 2.86. The highest BCUT2D eigenvalue weighted by atomic mass is 32.1. The molecular weight excluding hydrogens is 329 g/mol. The Bertz CT molecular complexity index is 698. The Balaban J connectivity index is 1.56. The van der Waals surface area contributed by atoms with E-state index >= 15 is 0 Å². The normalized spacial score (nSPS) is 18.5. The highest BCUT2D eigenvalue weighted by Crippen LogP contribution is 2.23. The summed E-state index contributed by atoms with van der Waals surface area (Å²) in [6.07, 6.45) is -0.142. The first-order valence-corrected chi connectivity index (χ1v) is 8.66. The lowest BCUT2D eigenvalue weighted by Gasteiger charge is -2.32. The van der Waals surface area contributed by atoms with Crippen LogP contribution in [0.2, 0.25) is 0 Å². The van der Waals surface area contributed by atoms with Gasteiger partial charge in [-0.05, 0) is 31.5 Å². The fourth-order valence-electron chi connectivity index (χ4n) is 2.61. The minimum atomic E-state index is -0.264. The standard InChI is InChI=1S/C17H20FN3O2S/c1-11-12(2)24-17(19-11)20-16(22)10-21-7-8-23-15(9-21)13-3-5-14(18)6-4-13/h3-6,15H,7-10H2,1-2H3,(H,19,20,22)/t15-/m1/s1. The predicted molar refractivity (Wildman–Crippen MR) is 91.8 cm³/mol. The van der Waals surface area contributed by atoms with Gasteiger partial charge in [0.15, 0.2) is 5.13 Å². The SMILES string of the molecule is Cc1nc(NC(=O)CN2CCO[C@@H](c3ccc(F)cc3)C2)sc1C. The zero-order chi connectivity index (χ0) is 17.1. The van der Waals surface area contributed by atoms with Gasteiger partial charge in [-0.1, -0.05) is 12.1 Å². The van der Waals surface area contributed by atoms with Crippen molar-refractivity contribution in [3.8, 4) is 0 Å². The molecule has 2 aromatic rings. The summed E-state index contributed by atoms with van der Waals surface area (Å²) in [6.45, 7) is 6.05. The fourth-order valence-corrected chi connectivity index (χ4v) is 3.44. The monoisotopic (exact) mass is 349 g/mol. The predicted octanol–water partition coefficient (Wildman–Crippen LogP) is 2.91. The molecule has 0 unspecified atom stereocenters. The summed E-state index contributed by atoms with van der Waals surface area (Å²) >= 11 is 1.48. The van der Waals surface area contributed by atoms with Crippen LogP contribution in [0.15, 0.2) is 24.3 Å². The van der Waals surface area contributed by atoms with Gasteiger partial charge in [0.1, 0.15) is 5.82 Å². The number of hydrogen-bond donors (Lipinski definition) is 1. The zero-order valence-corrected chi connectivity index (χ0v) is 14.5. The molecule has 0 saturated carbocycles. The van der Waals surface area contributed by atoms with Gasteiger partial charge in [-0.2, -0.15) is 0 Å². The lowest BCUT2D eigenvalue weighted by Crippen LogP contribution is -2.42. The second-order valence-corrected chi connectivity index (χ2v) is 7.06. The summed E-state index contributed by atoms with van der Waals surface area (Å²) in [7, 11) is 0. The number of nitrogens with one attached hydrogen (secondary N) is 1. The molecule has 0 radical (unpaired) electrons. The molecule has 2 heterocycles. The molecule has 1 aliphatic heterocycles. The number of carbonyl (C=O) groups is 1. The lowest BCUT2D eigenvalue weighted by molar-refractivity contribution is -0.119. The van der Waals surface area contributed by atoms with Crippen LogP contribution in [0.25, 0.3) is 0 Å². The molecule has 1 aromatic carbocycles.